The van der Waals surface area contributed by atoms with Crippen LogP contribution in [0.3, 0.4) is 0 Å². The molecule has 1 heterocycles. The molecular formula is C13H18F2N2O3S. The van der Waals surface area contributed by atoms with Gasteiger partial charge < -0.3 is 10.5 Å². The van der Waals surface area contributed by atoms with Crippen molar-refractivity contribution >= 4 is 15.7 Å². The largest absolute Gasteiger partial charge is 0.399 e. The molecular weight excluding hydrogens is 302 g/mol. The number of halogens is 2. The van der Waals surface area contributed by atoms with Crippen LogP contribution >= 0.6 is 0 Å². The molecule has 1 unspecified atom stereocenters. The molecule has 0 aromatic heterocycles. The second-order valence-electron chi connectivity index (χ2n) is 5.09. The van der Waals surface area contributed by atoms with Gasteiger partial charge in [-0.05, 0) is 31.4 Å². The van der Waals surface area contributed by atoms with Crippen molar-refractivity contribution in [3.8, 4) is 0 Å². The minimum absolute atomic E-state index is 0.0611. The van der Waals surface area contributed by atoms with E-state index in [-0.39, 0.29) is 18.3 Å². The molecule has 21 heavy (non-hydrogen) atoms. The van der Waals surface area contributed by atoms with E-state index < -0.39 is 26.6 Å². The molecule has 0 amide bonds. The van der Waals surface area contributed by atoms with Gasteiger partial charge in [-0.15, -0.1) is 0 Å². The average molecular weight is 320 g/mol. The Morgan fingerprint density at radius 3 is 2.48 bits per heavy atom. The monoisotopic (exact) mass is 320 g/mol. The fraction of sp³-hybridized carbons (Fsp3) is 0.538. The van der Waals surface area contributed by atoms with Crippen molar-refractivity contribution in [2.24, 2.45) is 0 Å². The summed E-state index contributed by atoms with van der Waals surface area (Å²) in [5.74, 6) is -2.38. The van der Waals surface area contributed by atoms with Crippen LogP contribution in [0.2, 0.25) is 0 Å². The average Bonchev–Trinajstić information content (AvgIpc) is 2.38. The van der Waals surface area contributed by atoms with Gasteiger partial charge in [0, 0.05) is 25.9 Å². The van der Waals surface area contributed by atoms with E-state index in [2.05, 4.69) is 0 Å². The van der Waals surface area contributed by atoms with Gasteiger partial charge in [0.2, 0.25) is 10.0 Å². The zero-order chi connectivity index (χ0) is 15.6. The highest BCUT2D eigenvalue weighted by molar-refractivity contribution is 7.89. The van der Waals surface area contributed by atoms with E-state index in [0.29, 0.717) is 6.61 Å². The number of benzene rings is 1. The first-order valence-corrected chi connectivity index (χ1v) is 8.09. The number of nitrogens with zero attached hydrogens (tertiary/aromatic N) is 1. The van der Waals surface area contributed by atoms with Crippen molar-refractivity contribution in [2.45, 2.75) is 30.3 Å². The number of hydrogen-bond acceptors (Lipinski definition) is 4. The molecule has 5 nitrogen and oxygen atoms in total. The van der Waals surface area contributed by atoms with Crippen molar-refractivity contribution in [1.82, 2.24) is 4.31 Å². The summed E-state index contributed by atoms with van der Waals surface area (Å²) < 4.78 is 58.6. The Kier molecular flexibility index (Phi) is 4.80. The van der Waals surface area contributed by atoms with E-state index in [1.807, 2.05) is 0 Å². The molecule has 0 bridgehead atoms. The van der Waals surface area contributed by atoms with Crippen LogP contribution < -0.4 is 5.73 Å². The maximum atomic E-state index is 13.8. The van der Waals surface area contributed by atoms with Crippen LogP contribution in [-0.2, 0) is 14.8 Å². The number of rotatable bonds is 4. The molecule has 1 fully saturated rings. The summed E-state index contributed by atoms with van der Waals surface area (Å²) in [5, 5.41) is 0. The molecule has 1 saturated heterocycles. The Hall–Kier alpha value is -1.25. The zero-order valence-electron chi connectivity index (χ0n) is 11.7. The first-order valence-electron chi connectivity index (χ1n) is 6.65. The number of nitrogen functional groups attached to an aromatic ring is 1. The van der Waals surface area contributed by atoms with Crippen molar-refractivity contribution in [3.05, 3.63) is 23.8 Å². The summed E-state index contributed by atoms with van der Waals surface area (Å²) in [6.07, 6.45) is 2.36. The topological polar surface area (TPSA) is 72.6 Å². The highest BCUT2D eigenvalue weighted by Gasteiger charge is 2.31. The summed E-state index contributed by atoms with van der Waals surface area (Å²) in [6, 6.07) is 1.59. The molecule has 1 aromatic rings. The molecule has 2 N–H and O–H groups in total. The third kappa shape index (κ3) is 3.50. The third-order valence-corrected chi connectivity index (χ3v) is 5.30. The number of ether oxygens (including phenoxy) is 1. The molecule has 8 heteroatoms. The molecule has 0 saturated carbocycles. The van der Waals surface area contributed by atoms with Gasteiger partial charge in [0.05, 0.1) is 6.10 Å². The van der Waals surface area contributed by atoms with Crippen LogP contribution in [0.15, 0.2) is 17.0 Å². The van der Waals surface area contributed by atoms with Crippen LogP contribution in [0.25, 0.3) is 0 Å². The van der Waals surface area contributed by atoms with E-state index in [4.69, 9.17) is 10.5 Å². The van der Waals surface area contributed by atoms with Crippen molar-refractivity contribution in [1.29, 1.82) is 0 Å². The van der Waals surface area contributed by atoms with Gasteiger partial charge in [-0.25, -0.2) is 17.2 Å². The lowest BCUT2D eigenvalue weighted by atomic mass is 10.1. The Balaban J connectivity index is 2.24. The second-order valence-corrected chi connectivity index (χ2v) is 7.07. The van der Waals surface area contributed by atoms with Crippen LogP contribution in [0.5, 0.6) is 0 Å². The normalized spacial score (nSPS) is 19.9. The standard InChI is InChI=1S/C13H18F2N2O3S/c1-17(8-10-4-2-3-5-20-10)21(18,19)13-11(14)6-9(16)7-12(13)15/h6-7,10H,2-5,8,16H2,1H3. The van der Waals surface area contributed by atoms with E-state index >= 15 is 0 Å². The molecule has 118 valence electrons. The number of likely N-dealkylation sites (N-methyl/N-ethyl adjacent to an activating group) is 1. The highest BCUT2D eigenvalue weighted by Crippen LogP contribution is 2.25. The van der Waals surface area contributed by atoms with Crippen molar-refractivity contribution < 1.29 is 21.9 Å². The number of hydrogen-bond donors (Lipinski definition) is 1. The Bertz CT molecular complexity index is 593. The molecule has 0 spiro atoms. The summed E-state index contributed by atoms with van der Waals surface area (Å²) in [4.78, 5) is -0.977. The van der Waals surface area contributed by atoms with Crippen LogP contribution in [0, 0.1) is 11.6 Å². The smallest absolute Gasteiger partial charge is 0.248 e. The lowest BCUT2D eigenvalue weighted by Crippen LogP contribution is -2.37. The zero-order valence-corrected chi connectivity index (χ0v) is 12.5. The van der Waals surface area contributed by atoms with Crippen molar-refractivity contribution in [3.63, 3.8) is 0 Å². The molecule has 1 aromatic carbocycles. The van der Waals surface area contributed by atoms with Gasteiger partial charge in [0.1, 0.15) is 11.6 Å². The second kappa shape index (κ2) is 6.25. The molecule has 1 atom stereocenters. The first-order chi connectivity index (χ1) is 9.82. The van der Waals surface area contributed by atoms with Gasteiger partial charge in [-0.3, -0.25) is 0 Å². The summed E-state index contributed by atoms with van der Waals surface area (Å²) in [5.41, 5.74) is 5.12. The van der Waals surface area contributed by atoms with Crippen LogP contribution in [-0.4, -0.2) is 39.0 Å². The van der Waals surface area contributed by atoms with E-state index in [1.165, 1.54) is 7.05 Å². The van der Waals surface area contributed by atoms with Gasteiger partial charge in [0.25, 0.3) is 0 Å². The number of sulfonamides is 1. The van der Waals surface area contributed by atoms with Crippen LogP contribution in [0.1, 0.15) is 19.3 Å². The molecule has 0 radical (unpaired) electrons. The SMILES string of the molecule is CN(CC1CCCCO1)S(=O)(=O)c1c(F)cc(N)cc1F. The Labute approximate surface area is 122 Å². The lowest BCUT2D eigenvalue weighted by molar-refractivity contribution is 0.00854. The van der Waals surface area contributed by atoms with Gasteiger partial charge in [0.15, 0.2) is 4.90 Å². The van der Waals surface area contributed by atoms with E-state index in [9.17, 15) is 17.2 Å². The van der Waals surface area contributed by atoms with Crippen LogP contribution in [0.4, 0.5) is 14.5 Å². The molecule has 1 aliphatic rings. The maximum absolute atomic E-state index is 13.8. The fourth-order valence-electron chi connectivity index (χ4n) is 2.32. The predicted molar refractivity (Wildman–Crippen MR) is 74.2 cm³/mol. The number of anilines is 1. The summed E-state index contributed by atoms with van der Waals surface area (Å²) >= 11 is 0. The quantitative estimate of drug-likeness (QED) is 0.858. The van der Waals surface area contributed by atoms with Gasteiger partial charge in [-0.1, -0.05) is 0 Å². The van der Waals surface area contributed by atoms with Gasteiger partial charge >= 0.3 is 0 Å². The Morgan fingerprint density at radius 2 is 1.95 bits per heavy atom. The van der Waals surface area contributed by atoms with Gasteiger partial charge in [-0.2, -0.15) is 4.31 Å². The molecule has 2 rings (SSSR count). The lowest BCUT2D eigenvalue weighted by Gasteiger charge is -2.27. The predicted octanol–water partition coefficient (Wildman–Crippen LogP) is 1.74. The summed E-state index contributed by atoms with van der Waals surface area (Å²) in [6.45, 7) is 0.634. The maximum Gasteiger partial charge on any atom is 0.248 e. The fourth-order valence-corrected chi connectivity index (χ4v) is 3.60. The van der Waals surface area contributed by atoms with E-state index in [0.717, 1.165) is 35.7 Å². The molecule has 0 aliphatic carbocycles. The Morgan fingerprint density at radius 1 is 1.33 bits per heavy atom. The third-order valence-electron chi connectivity index (χ3n) is 3.42. The van der Waals surface area contributed by atoms with Crippen molar-refractivity contribution in [2.75, 3.05) is 25.9 Å². The highest BCUT2D eigenvalue weighted by atomic mass is 32.2. The first kappa shape index (κ1) is 16.1. The minimum atomic E-state index is -4.27. The van der Waals surface area contributed by atoms with E-state index in [1.54, 1.807) is 0 Å². The summed E-state index contributed by atoms with van der Waals surface area (Å²) in [7, 11) is -2.99. The molecule has 1 aliphatic heterocycles. The number of nitrogens with two attached hydrogens (primary N) is 1. The minimum Gasteiger partial charge on any atom is -0.399 e.